The van der Waals surface area contributed by atoms with Crippen LogP contribution in [0.1, 0.15) is 47.2 Å². The van der Waals surface area contributed by atoms with Gasteiger partial charge in [0.1, 0.15) is 23.9 Å². The fraction of sp³-hybridized carbons (Fsp3) is 0.323. The van der Waals surface area contributed by atoms with Gasteiger partial charge in [0, 0.05) is 18.0 Å². The number of anilines is 1. The number of carbonyl (C=O) groups excluding carboxylic acids is 2. The number of ether oxygens (including phenoxy) is 1. The summed E-state index contributed by atoms with van der Waals surface area (Å²) in [7, 11) is 0. The van der Waals surface area contributed by atoms with Gasteiger partial charge in [-0.25, -0.2) is 9.97 Å². The van der Waals surface area contributed by atoms with E-state index in [4.69, 9.17) is 26.2 Å². The standard InChI is InChI=1S/C29H30ClN5O3.C2HF3O2/c1-17-11-18(2)13-19(12-17)26-27(38-10-7-20-5-3-4-8-32-20)22-14-21(23(30)15-24(22)34-29(26)37)28(36)35-25-6-9-31-16-33-25;3-2(4,5)1(6)7/h6,9,11-16,20,32H,3-5,7-8,10H2,1-2H3,(H,34,37)(H,31,33,35,36);(H,6,7). The molecule has 1 amide bonds. The number of H-pyrrole nitrogens is 1. The fourth-order valence-electron chi connectivity index (χ4n) is 5.14. The highest BCUT2D eigenvalue weighted by Crippen LogP contribution is 2.36. The molecule has 45 heavy (non-hydrogen) atoms. The van der Waals surface area contributed by atoms with Crippen molar-refractivity contribution in [2.45, 2.75) is 51.7 Å². The number of fused-ring (bicyclic) bond motifs is 1. The third-order valence-electron chi connectivity index (χ3n) is 7.13. The Balaban J connectivity index is 0.000000591. The summed E-state index contributed by atoms with van der Waals surface area (Å²) in [6, 6.07) is 11.4. The molecule has 1 atom stereocenters. The molecule has 0 saturated carbocycles. The van der Waals surface area contributed by atoms with Crippen LogP contribution in [0.15, 0.2) is 53.7 Å². The first-order valence-corrected chi connectivity index (χ1v) is 14.5. The van der Waals surface area contributed by atoms with Gasteiger partial charge in [-0.05, 0) is 56.9 Å². The molecule has 0 radical (unpaired) electrons. The molecule has 4 N–H and O–H groups in total. The molecule has 14 heteroatoms. The number of pyridine rings is 1. The summed E-state index contributed by atoms with van der Waals surface area (Å²) in [6.07, 6.45) is 2.21. The van der Waals surface area contributed by atoms with E-state index in [0.29, 0.717) is 40.7 Å². The summed E-state index contributed by atoms with van der Waals surface area (Å²) < 4.78 is 38.0. The van der Waals surface area contributed by atoms with Gasteiger partial charge in [0.25, 0.3) is 11.5 Å². The van der Waals surface area contributed by atoms with E-state index in [9.17, 15) is 22.8 Å². The molecule has 1 aliphatic rings. The minimum absolute atomic E-state index is 0.210. The van der Waals surface area contributed by atoms with Crippen LogP contribution in [0.5, 0.6) is 5.75 Å². The Labute approximate surface area is 261 Å². The van der Waals surface area contributed by atoms with Gasteiger partial charge in [0.2, 0.25) is 0 Å². The van der Waals surface area contributed by atoms with Crippen LogP contribution in [0.4, 0.5) is 19.0 Å². The average Bonchev–Trinajstić information content (AvgIpc) is 2.97. The van der Waals surface area contributed by atoms with Gasteiger partial charge in [-0.2, -0.15) is 13.2 Å². The highest BCUT2D eigenvalue weighted by atomic mass is 35.5. The monoisotopic (exact) mass is 645 g/mol. The summed E-state index contributed by atoms with van der Waals surface area (Å²) in [5.74, 6) is -2.61. The first kappa shape index (κ1) is 33.4. The van der Waals surface area contributed by atoms with E-state index in [1.165, 1.54) is 19.2 Å². The Hall–Kier alpha value is -4.49. The third-order valence-corrected chi connectivity index (χ3v) is 7.44. The molecule has 5 rings (SSSR count). The number of nitrogens with zero attached hydrogens (tertiary/aromatic N) is 2. The van der Waals surface area contributed by atoms with Crippen molar-refractivity contribution >= 4 is 40.2 Å². The number of hydrogen-bond donors (Lipinski definition) is 3. The number of amides is 1. The van der Waals surface area contributed by atoms with Crippen molar-refractivity contribution in [3.8, 4) is 16.9 Å². The SMILES string of the molecule is Cc1cc(C)cc(-c2c(OCCC3CCCC[NH2+]3)c3cc(C(=O)Nc4ccncn4)c(Cl)cc3[nH]c2=O)c1.O=C([O-])C(F)(F)F. The van der Waals surface area contributed by atoms with Crippen LogP contribution < -0.4 is 26.0 Å². The lowest BCUT2D eigenvalue weighted by atomic mass is 9.98. The van der Waals surface area contributed by atoms with Gasteiger partial charge in [0.05, 0.1) is 40.9 Å². The Bertz CT molecular complexity index is 1720. The Morgan fingerprint density at radius 3 is 2.47 bits per heavy atom. The molecule has 238 valence electrons. The van der Waals surface area contributed by atoms with Crippen LogP contribution in [-0.4, -0.2) is 52.2 Å². The number of carbonyl (C=O) groups is 2. The number of aromatic nitrogens is 3. The van der Waals surface area contributed by atoms with Gasteiger partial charge < -0.3 is 30.3 Å². The molecule has 4 aromatic rings. The molecular weight excluding hydrogens is 615 g/mol. The first-order chi connectivity index (χ1) is 21.3. The minimum atomic E-state index is -5.19. The predicted octanol–water partition coefficient (Wildman–Crippen LogP) is 3.69. The molecular formula is C31H31ClF3N5O5. The summed E-state index contributed by atoms with van der Waals surface area (Å²) in [5, 5.41) is 14.7. The van der Waals surface area contributed by atoms with Crippen molar-refractivity contribution in [3.63, 3.8) is 0 Å². The van der Waals surface area contributed by atoms with Crippen molar-refractivity contribution in [2.75, 3.05) is 18.5 Å². The second-order valence-corrected chi connectivity index (χ2v) is 11.1. The Kier molecular flexibility index (Phi) is 10.8. The van der Waals surface area contributed by atoms with E-state index in [-0.39, 0.29) is 16.1 Å². The van der Waals surface area contributed by atoms with E-state index >= 15 is 0 Å². The van der Waals surface area contributed by atoms with Gasteiger partial charge in [-0.1, -0.05) is 40.9 Å². The second-order valence-electron chi connectivity index (χ2n) is 10.7. The van der Waals surface area contributed by atoms with E-state index < -0.39 is 18.1 Å². The molecule has 10 nitrogen and oxygen atoms in total. The number of alkyl halides is 3. The number of carboxylic acids is 1. The number of benzene rings is 2. The normalized spacial score (nSPS) is 14.8. The number of quaternary nitrogens is 1. The number of nitrogens with two attached hydrogens (primary N) is 1. The summed E-state index contributed by atoms with van der Waals surface area (Å²) in [6.45, 7) is 5.60. The lowest BCUT2D eigenvalue weighted by molar-refractivity contribution is -0.698. The highest BCUT2D eigenvalue weighted by molar-refractivity contribution is 6.35. The van der Waals surface area contributed by atoms with Crippen LogP contribution in [0.25, 0.3) is 22.0 Å². The summed E-state index contributed by atoms with van der Waals surface area (Å²) in [4.78, 5) is 46.3. The molecule has 1 saturated heterocycles. The van der Waals surface area contributed by atoms with Crippen LogP contribution in [0.2, 0.25) is 5.02 Å². The zero-order valence-corrected chi connectivity index (χ0v) is 25.2. The highest BCUT2D eigenvalue weighted by Gasteiger charge is 2.29. The van der Waals surface area contributed by atoms with Gasteiger partial charge in [-0.15, -0.1) is 0 Å². The number of aromatic amines is 1. The number of aryl methyl sites for hydroxylation is 2. The maximum absolute atomic E-state index is 13.4. The van der Waals surface area contributed by atoms with Crippen molar-refractivity contribution in [1.29, 1.82) is 0 Å². The molecule has 0 bridgehead atoms. The third kappa shape index (κ3) is 8.79. The summed E-state index contributed by atoms with van der Waals surface area (Å²) in [5.41, 5.74) is 3.79. The Morgan fingerprint density at radius 1 is 1.16 bits per heavy atom. The number of hydrogen-bond acceptors (Lipinski definition) is 7. The topological polar surface area (TPSA) is 154 Å². The first-order valence-electron chi connectivity index (χ1n) is 14.1. The molecule has 3 heterocycles. The summed E-state index contributed by atoms with van der Waals surface area (Å²) >= 11 is 6.51. The lowest BCUT2D eigenvalue weighted by Crippen LogP contribution is -2.91. The zero-order chi connectivity index (χ0) is 32.7. The zero-order valence-electron chi connectivity index (χ0n) is 24.5. The van der Waals surface area contributed by atoms with Crippen LogP contribution in [0.3, 0.4) is 0 Å². The number of carboxylic acid groups (broad SMARTS) is 1. The van der Waals surface area contributed by atoms with Crippen molar-refractivity contribution in [3.05, 3.63) is 81.0 Å². The number of rotatable bonds is 7. The van der Waals surface area contributed by atoms with Crippen molar-refractivity contribution in [1.82, 2.24) is 15.0 Å². The largest absolute Gasteiger partial charge is 0.542 e. The van der Waals surface area contributed by atoms with Gasteiger partial charge in [-0.3, -0.25) is 9.59 Å². The van der Waals surface area contributed by atoms with E-state index in [1.54, 1.807) is 24.4 Å². The fourth-order valence-corrected chi connectivity index (χ4v) is 5.39. The molecule has 1 fully saturated rings. The Morgan fingerprint density at radius 2 is 1.87 bits per heavy atom. The van der Waals surface area contributed by atoms with Crippen molar-refractivity contribution < 1.29 is 37.9 Å². The molecule has 2 aromatic heterocycles. The second kappa shape index (κ2) is 14.5. The number of nitrogens with one attached hydrogen (secondary N) is 2. The van der Waals surface area contributed by atoms with Gasteiger partial charge in [0.15, 0.2) is 0 Å². The van der Waals surface area contributed by atoms with Crippen LogP contribution in [-0.2, 0) is 4.79 Å². The molecule has 1 unspecified atom stereocenters. The number of piperidine rings is 1. The lowest BCUT2D eigenvalue weighted by Gasteiger charge is -2.21. The van der Waals surface area contributed by atoms with E-state index in [2.05, 4.69) is 31.7 Å². The minimum Gasteiger partial charge on any atom is -0.542 e. The van der Waals surface area contributed by atoms with E-state index in [0.717, 1.165) is 36.1 Å². The molecule has 1 aliphatic heterocycles. The average molecular weight is 646 g/mol. The number of halogens is 4. The molecule has 2 aromatic carbocycles. The van der Waals surface area contributed by atoms with E-state index in [1.807, 2.05) is 26.0 Å². The van der Waals surface area contributed by atoms with Crippen LogP contribution in [0, 0.1) is 13.8 Å². The smallest absolute Gasteiger partial charge is 0.430 e. The number of aliphatic carboxylic acids is 1. The predicted molar refractivity (Wildman–Crippen MR) is 160 cm³/mol. The maximum atomic E-state index is 13.4. The van der Waals surface area contributed by atoms with Crippen LogP contribution >= 0.6 is 11.6 Å². The van der Waals surface area contributed by atoms with Gasteiger partial charge >= 0.3 is 6.18 Å². The van der Waals surface area contributed by atoms with Crippen molar-refractivity contribution in [2.24, 2.45) is 0 Å². The quantitative estimate of drug-likeness (QED) is 0.277. The molecule has 0 aliphatic carbocycles. The maximum Gasteiger partial charge on any atom is 0.430 e. The molecule has 0 spiro atoms.